The zero-order valence-corrected chi connectivity index (χ0v) is 12.9. The van der Waals surface area contributed by atoms with Gasteiger partial charge in [-0.2, -0.15) is 5.10 Å². The van der Waals surface area contributed by atoms with Gasteiger partial charge in [0.25, 0.3) is 11.5 Å². The van der Waals surface area contributed by atoms with Crippen LogP contribution in [0.3, 0.4) is 0 Å². The fraction of sp³-hybridized carbons (Fsp3) is 0.250. The smallest absolute Gasteiger partial charge is 0.337 e. The Balaban J connectivity index is 2.21. The van der Waals surface area contributed by atoms with Crippen molar-refractivity contribution in [2.24, 2.45) is 0 Å². The molecule has 0 aliphatic heterocycles. The Kier molecular flexibility index (Phi) is 5.24. The number of amides is 1. The number of methoxy groups -OCH3 is 1. The molecule has 1 heterocycles. The van der Waals surface area contributed by atoms with Gasteiger partial charge in [0.15, 0.2) is 0 Å². The lowest BCUT2D eigenvalue weighted by Crippen LogP contribution is -2.26. The van der Waals surface area contributed by atoms with E-state index < -0.39 is 11.9 Å². The highest BCUT2D eigenvalue weighted by Gasteiger charge is 2.11. The molecule has 1 aromatic heterocycles. The van der Waals surface area contributed by atoms with Gasteiger partial charge in [-0.15, -0.1) is 0 Å². The van der Waals surface area contributed by atoms with Crippen molar-refractivity contribution in [1.29, 1.82) is 0 Å². The lowest BCUT2D eigenvalue weighted by Gasteiger charge is -2.08. The van der Waals surface area contributed by atoms with Crippen LogP contribution in [-0.4, -0.2) is 28.8 Å². The second-order valence-electron chi connectivity index (χ2n) is 4.81. The highest BCUT2D eigenvalue weighted by atomic mass is 16.5. The lowest BCUT2D eigenvalue weighted by atomic mass is 10.2. The van der Waals surface area contributed by atoms with Gasteiger partial charge in [-0.1, -0.05) is 13.0 Å². The Bertz CT molecular complexity index is 783. The lowest BCUT2D eigenvalue weighted by molar-refractivity contribution is 0.0600. The van der Waals surface area contributed by atoms with Crippen LogP contribution >= 0.6 is 0 Å². The third kappa shape index (κ3) is 4.03. The molecular formula is C16H17N3O4. The van der Waals surface area contributed by atoms with E-state index in [2.05, 4.69) is 15.2 Å². The van der Waals surface area contributed by atoms with Crippen LogP contribution in [0, 0.1) is 0 Å². The molecular weight excluding hydrogens is 298 g/mol. The summed E-state index contributed by atoms with van der Waals surface area (Å²) >= 11 is 0. The molecule has 23 heavy (non-hydrogen) atoms. The predicted octanol–water partition coefficient (Wildman–Crippen LogP) is 1.69. The van der Waals surface area contributed by atoms with E-state index in [1.54, 1.807) is 18.2 Å². The SMILES string of the molecule is CCCn1nc(C(=O)Nc2cccc(C(=O)OC)c2)ccc1=O. The third-order valence-electron chi connectivity index (χ3n) is 3.08. The molecule has 0 atom stereocenters. The molecule has 0 radical (unpaired) electrons. The van der Waals surface area contributed by atoms with Gasteiger partial charge >= 0.3 is 5.97 Å². The number of rotatable bonds is 5. The summed E-state index contributed by atoms with van der Waals surface area (Å²) < 4.78 is 5.88. The minimum absolute atomic E-state index is 0.126. The van der Waals surface area contributed by atoms with Gasteiger partial charge in [-0.25, -0.2) is 9.48 Å². The summed E-state index contributed by atoms with van der Waals surface area (Å²) in [6, 6.07) is 9.04. The molecule has 0 bridgehead atoms. The molecule has 120 valence electrons. The van der Waals surface area contributed by atoms with Crippen molar-refractivity contribution >= 4 is 17.6 Å². The van der Waals surface area contributed by atoms with Gasteiger partial charge in [0.1, 0.15) is 5.69 Å². The highest BCUT2D eigenvalue weighted by Crippen LogP contribution is 2.12. The Morgan fingerprint density at radius 1 is 1.26 bits per heavy atom. The van der Waals surface area contributed by atoms with Crippen LogP contribution in [0.25, 0.3) is 0 Å². The van der Waals surface area contributed by atoms with Crippen molar-refractivity contribution < 1.29 is 14.3 Å². The number of anilines is 1. The maximum absolute atomic E-state index is 12.2. The number of carbonyl (C=O) groups excluding carboxylic acids is 2. The van der Waals surface area contributed by atoms with Crippen LogP contribution in [0.1, 0.15) is 34.2 Å². The van der Waals surface area contributed by atoms with Crippen LogP contribution in [0.2, 0.25) is 0 Å². The summed E-state index contributed by atoms with van der Waals surface area (Å²) in [6.07, 6.45) is 0.735. The predicted molar refractivity (Wildman–Crippen MR) is 84.5 cm³/mol. The standard InChI is InChI=1S/C16H17N3O4/c1-3-9-19-14(20)8-7-13(18-19)15(21)17-12-6-4-5-11(10-12)16(22)23-2/h4-8,10H,3,9H2,1-2H3,(H,17,21). The van der Waals surface area contributed by atoms with E-state index in [9.17, 15) is 14.4 Å². The van der Waals surface area contributed by atoms with Crippen molar-refractivity contribution in [3.8, 4) is 0 Å². The first-order valence-corrected chi connectivity index (χ1v) is 7.13. The number of aryl methyl sites for hydroxylation is 1. The number of carbonyl (C=O) groups is 2. The second kappa shape index (κ2) is 7.35. The average molecular weight is 315 g/mol. The maximum Gasteiger partial charge on any atom is 0.337 e. The largest absolute Gasteiger partial charge is 0.465 e. The molecule has 2 aromatic rings. The van der Waals surface area contributed by atoms with Crippen LogP contribution < -0.4 is 10.9 Å². The Hall–Kier alpha value is -2.96. The van der Waals surface area contributed by atoms with Crippen molar-refractivity contribution in [1.82, 2.24) is 9.78 Å². The molecule has 0 unspecified atom stereocenters. The molecule has 0 aliphatic carbocycles. The van der Waals surface area contributed by atoms with E-state index in [0.29, 0.717) is 17.8 Å². The summed E-state index contributed by atoms with van der Waals surface area (Å²) in [5, 5.41) is 6.67. The van der Waals surface area contributed by atoms with Gasteiger partial charge < -0.3 is 10.1 Å². The van der Waals surface area contributed by atoms with Gasteiger partial charge in [-0.3, -0.25) is 9.59 Å². The number of hydrogen-bond donors (Lipinski definition) is 1. The van der Waals surface area contributed by atoms with Crippen molar-refractivity contribution in [2.75, 3.05) is 12.4 Å². The average Bonchev–Trinajstić information content (AvgIpc) is 2.56. The summed E-state index contributed by atoms with van der Waals surface area (Å²) in [4.78, 5) is 35.3. The van der Waals surface area contributed by atoms with Crippen molar-refractivity contribution in [3.05, 3.63) is 58.0 Å². The van der Waals surface area contributed by atoms with Crippen LogP contribution in [0.5, 0.6) is 0 Å². The maximum atomic E-state index is 12.2. The summed E-state index contributed by atoms with van der Waals surface area (Å²) in [5.74, 6) is -0.951. The van der Waals surface area contributed by atoms with Gasteiger partial charge in [-0.05, 0) is 30.7 Å². The minimum atomic E-state index is -0.490. The van der Waals surface area contributed by atoms with E-state index in [1.165, 1.54) is 30.0 Å². The molecule has 1 N–H and O–H groups in total. The fourth-order valence-electron chi connectivity index (χ4n) is 1.98. The Labute approximate surface area is 132 Å². The molecule has 0 aliphatic rings. The summed E-state index contributed by atoms with van der Waals surface area (Å²) in [7, 11) is 1.29. The molecule has 1 amide bonds. The van der Waals surface area contributed by atoms with Gasteiger partial charge in [0.2, 0.25) is 0 Å². The van der Waals surface area contributed by atoms with Crippen molar-refractivity contribution in [2.45, 2.75) is 19.9 Å². The van der Waals surface area contributed by atoms with Gasteiger partial charge in [0.05, 0.1) is 12.7 Å². The van der Waals surface area contributed by atoms with E-state index in [1.807, 2.05) is 6.92 Å². The number of aromatic nitrogens is 2. The zero-order valence-electron chi connectivity index (χ0n) is 12.9. The Morgan fingerprint density at radius 3 is 2.74 bits per heavy atom. The normalized spacial score (nSPS) is 10.2. The number of nitrogens with one attached hydrogen (secondary N) is 1. The van der Waals surface area contributed by atoms with E-state index in [0.717, 1.165) is 6.42 Å². The number of ether oxygens (including phenoxy) is 1. The third-order valence-corrected chi connectivity index (χ3v) is 3.08. The number of benzene rings is 1. The first kappa shape index (κ1) is 16.4. The molecule has 0 spiro atoms. The number of hydrogen-bond acceptors (Lipinski definition) is 5. The van der Waals surface area contributed by atoms with E-state index >= 15 is 0 Å². The summed E-state index contributed by atoms with van der Waals surface area (Å²) in [6.45, 7) is 2.36. The topological polar surface area (TPSA) is 90.3 Å². The quantitative estimate of drug-likeness (QED) is 0.848. The fourth-order valence-corrected chi connectivity index (χ4v) is 1.98. The first-order chi connectivity index (χ1) is 11.0. The summed E-state index contributed by atoms with van der Waals surface area (Å²) in [5.41, 5.74) is 0.639. The second-order valence-corrected chi connectivity index (χ2v) is 4.81. The highest BCUT2D eigenvalue weighted by molar-refractivity contribution is 6.03. The first-order valence-electron chi connectivity index (χ1n) is 7.13. The van der Waals surface area contributed by atoms with Gasteiger partial charge in [0, 0.05) is 18.3 Å². The molecule has 1 aromatic carbocycles. The molecule has 0 saturated heterocycles. The number of esters is 1. The zero-order chi connectivity index (χ0) is 16.8. The Morgan fingerprint density at radius 2 is 2.04 bits per heavy atom. The monoisotopic (exact) mass is 315 g/mol. The molecule has 7 nitrogen and oxygen atoms in total. The van der Waals surface area contributed by atoms with E-state index in [4.69, 9.17) is 0 Å². The molecule has 0 saturated carbocycles. The van der Waals surface area contributed by atoms with Crippen LogP contribution in [-0.2, 0) is 11.3 Å². The van der Waals surface area contributed by atoms with Crippen LogP contribution in [0.15, 0.2) is 41.2 Å². The van der Waals surface area contributed by atoms with E-state index in [-0.39, 0.29) is 11.3 Å². The number of nitrogens with zero attached hydrogens (tertiary/aromatic N) is 2. The van der Waals surface area contributed by atoms with Crippen LogP contribution in [0.4, 0.5) is 5.69 Å². The molecule has 2 rings (SSSR count). The van der Waals surface area contributed by atoms with Crippen molar-refractivity contribution in [3.63, 3.8) is 0 Å². The molecule has 0 fully saturated rings. The minimum Gasteiger partial charge on any atom is -0.465 e. The molecule has 7 heteroatoms.